The molecule has 2 fully saturated rings. The first-order valence-corrected chi connectivity index (χ1v) is 9.45. The molecule has 1 aromatic heterocycles. The Balaban J connectivity index is 1.63. The van der Waals surface area contributed by atoms with E-state index in [1.54, 1.807) is 24.9 Å². The molecule has 0 aliphatic carbocycles. The van der Waals surface area contributed by atoms with Crippen molar-refractivity contribution < 1.29 is 27.8 Å². The fraction of sp³-hybridized carbons (Fsp3) is 0.474. The minimum Gasteiger partial charge on any atom is -0.390 e. The van der Waals surface area contributed by atoms with Crippen molar-refractivity contribution in [3.63, 3.8) is 0 Å². The summed E-state index contributed by atoms with van der Waals surface area (Å²) in [5.74, 6) is -1.56. The molecule has 1 aromatic carbocycles. The molecule has 2 aliphatic heterocycles. The van der Waals surface area contributed by atoms with Gasteiger partial charge >= 0.3 is 6.18 Å². The van der Waals surface area contributed by atoms with Crippen LogP contribution in [0.4, 0.5) is 18.9 Å². The predicted molar refractivity (Wildman–Crippen MR) is 98.5 cm³/mol. The van der Waals surface area contributed by atoms with Crippen LogP contribution in [0.2, 0.25) is 5.02 Å². The highest BCUT2D eigenvalue weighted by Gasteiger charge is 2.57. The summed E-state index contributed by atoms with van der Waals surface area (Å²) in [5, 5.41) is 16.7. The van der Waals surface area contributed by atoms with Crippen molar-refractivity contribution in [3.8, 4) is 0 Å². The first kappa shape index (κ1) is 20.2. The number of anilines is 1. The van der Waals surface area contributed by atoms with Crippen LogP contribution in [0.3, 0.4) is 0 Å². The number of aryl methyl sites for hydroxylation is 2. The zero-order valence-electron chi connectivity index (χ0n) is 15.6. The summed E-state index contributed by atoms with van der Waals surface area (Å²) in [6.07, 6.45) is -4.34. The van der Waals surface area contributed by atoms with E-state index in [4.69, 9.17) is 16.3 Å². The molecule has 0 saturated carbocycles. The Bertz CT molecular complexity index is 962. The van der Waals surface area contributed by atoms with Gasteiger partial charge in [0, 0.05) is 31.3 Å². The van der Waals surface area contributed by atoms with Gasteiger partial charge < -0.3 is 15.2 Å². The number of ether oxygens (including phenoxy) is 1. The lowest BCUT2D eigenvalue weighted by molar-refractivity contribution is -0.137. The molecule has 0 radical (unpaired) electrons. The second-order valence-corrected chi connectivity index (χ2v) is 7.93. The summed E-state index contributed by atoms with van der Waals surface area (Å²) in [6.45, 7) is 1.80. The molecule has 2 saturated heterocycles. The van der Waals surface area contributed by atoms with Crippen molar-refractivity contribution in [1.82, 2.24) is 9.78 Å². The third-order valence-electron chi connectivity index (χ3n) is 5.58. The zero-order chi connectivity index (χ0) is 21.1. The number of halogens is 4. The van der Waals surface area contributed by atoms with E-state index in [-0.39, 0.29) is 5.69 Å². The van der Waals surface area contributed by atoms with Gasteiger partial charge in [0.05, 0.1) is 40.5 Å². The van der Waals surface area contributed by atoms with Crippen molar-refractivity contribution >= 4 is 23.2 Å². The number of hydrogen-bond donors (Lipinski definition) is 2. The van der Waals surface area contributed by atoms with Crippen LogP contribution in [0.5, 0.6) is 0 Å². The van der Waals surface area contributed by atoms with Gasteiger partial charge in [0.2, 0.25) is 5.91 Å². The maximum atomic E-state index is 13.1. The van der Waals surface area contributed by atoms with Gasteiger partial charge in [-0.05, 0) is 30.7 Å². The molecule has 2 bridgehead atoms. The molecule has 0 unspecified atom stereocenters. The highest BCUT2D eigenvalue weighted by atomic mass is 35.5. The maximum Gasteiger partial charge on any atom is 0.417 e. The van der Waals surface area contributed by atoms with Gasteiger partial charge in [-0.15, -0.1) is 0 Å². The van der Waals surface area contributed by atoms with Crippen molar-refractivity contribution in [2.75, 3.05) is 5.32 Å². The van der Waals surface area contributed by atoms with Crippen molar-refractivity contribution in [2.45, 2.75) is 43.8 Å². The molecule has 2 aromatic rings. The lowest BCUT2D eigenvalue weighted by Crippen LogP contribution is -2.41. The molecule has 2 N–H and O–H groups in total. The van der Waals surface area contributed by atoms with E-state index in [2.05, 4.69) is 10.4 Å². The average molecular weight is 430 g/mol. The van der Waals surface area contributed by atoms with Crippen LogP contribution >= 0.6 is 11.6 Å². The molecule has 10 heteroatoms. The Morgan fingerprint density at radius 3 is 2.76 bits per heavy atom. The Kier molecular flexibility index (Phi) is 4.87. The van der Waals surface area contributed by atoms with E-state index in [0.29, 0.717) is 12.1 Å². The molecule has 3 heterocycles. The van der Waals surface area contributed by atoms with Crippen LogP contribution in [0.15, 0.2) is 24.4 Å². The monoisotopic (exact) mass is 429 g/mol. The highest BCUT2D eigenvalue weighted by molar-refractivity contribution is 6.31. The lowest BCUT2D eigenvalue weighted by atomic mass is 9.74. The number of alkyl halides is 3. The molecule has 4 rings (SSSR count). The van der Waals surface area contributed by atoms with E-state index in [1.807, 2.05) is 0 Å². The van der Waals surface area contributed by atoms with E-state index >= 15 is 0 Å². The smallest absolute Gasteiger partial charge is 0.390 e. The van der Waals surface area contributed by atoms with E-state index < -0.39 is 52.8 Å². The minimum absolute atomic E-state index is 0.00305. The van der Waals surface area contributed by atoms with Crippen LogP contribution in [0, 0.1) is 12.8 Å². The number of hydrogen-bond acceptors (Lipinski definition) is 4. The summed E-state index contributed by atoms with van der Waals surface area (Å²) in [5.41, 5.74) is 0.475. The molecule has 29 heavy (non-hydrogen) atoms. The van der Waals surface area contributed by atoms with Crippen LogP contribution in [0.1, 0.15) is 29.2 Å². The van der Waals surface area contributed by atoms with Crippen molar-refractivity contribution in [1.29, 1.82) is 0 Å². The quantitative estimate of drug-likeness (QED) is 0.785. The molecular formula is C19H19ClF3N3O3. The maximum absolute atomic E-state index is 13.1. The van der Waals surface area contributed by atoms with Gasteiger partial charge in [-0.3, -0.25) is 9.48 Å². The third kappa shape index (κ3) is 3.51. The third-order valence-corrected chi connectivity index (χ3v) is 5.91. The first-order valence-electron chi connectivity index (χ1n) is 9.07. The van der Waals surface area contributed by atoms with Crippen molar-refractivity contribution in [2.24, 2.45) is 13.0 Å². The fourth-order valence-electron chi connectivity index (χ4n) is 4.40. The Labute approximate surface area is 169 Å². The number of aliphatic hydroxyl groups is 1. The summed E-state index contributed by atoms with van der Waals surface area (Å²) in [4.78, 5) is 13.0. The van der Waals surface area contributed by atoms with E-state index in [0.717, 1.165) is 17.7 Å². The molecule has 2 aliphatic rings. The predicted octanol–water partition coefficient (Wildman–Crippen LogP) is 3.27. The number of amides is 1. The summed E-state index contributed by atoms with van der Waals surface area (Å²) in [7, 11) is 1.75. The zero-order valence-corrected chi connectivity index (χ0v) is 16.3. The number of benzene rings is 1. The standard InChI is InChI=1S/C19H19ClF3N3O3/c1-8-10(7-26(2)25-8)15-16(14-6-13(27)17(15)29-14)18(28)24-9-3-4-12(20)11(5-9)19(21,22)23/h3-5,7,13-17,27H,6H2,1-2H3,(H,24,28)/t13-,14+,15+,16-,17-/m0/s1. The number of fused-ring (bicyclic) bond motifs is 2. The number of nitrogens with zero attached hydrogens (tertiary/aromatic N) is 2. The molecule has 0 spiro atoms. The number of carbonyl (C=O) groups is 1. The first-order chi connectivity index (χ1) is 13.6. The normalized spacial score (nSPS) is 28.7. The van der Waals surface area contributed by atoms with Gasteiger partial charge in [0.1, 0.15) is 0 Å². The molecular weight excluding hydrogens is 411 g/mol. The number of carbonyl (C=O) groups excluding carboxylic acids is 1. The van der Waals surface area contributed by atoms with Gasteiger partial charge in [-0.25, -0.2) is 0 Å². The summed E-state index contributed by atoms with van der Waals surface area (Å²) >= 11 is 5.65. The fourth-order valence-corrected chi connectivity index (χ4v) is 4.63. The van der Waals surface area contributed by atoms with E-state index in [1.165, 1.54) is 6.07 Å². The second kappa shape index (κ2) is 7.00. The van der Waals surface area contributed by atoms with Crippen LogP contribution in [-0.2, 0) is 22.8 Å². The number of rotatable bonds is 3. The van der Waals surface area contributed by atoms with Crippen LogP contribution < -0.4 is 5.32 Å². The van der Waals surface area contributed by atoms with Crippen molar-refractivity contribution in [3.05, 3.63) is 46.2 Å². The van der Waals surface area contributed by atoms with Gasteiger partial charge in [0.15, 0.2) is 0 Å². The summed E-state index contributed by atoms with van der Waals surface area (Å²) in [6, 6.07) is 3.24. The van der Waals surface area contributed by atoms with E-state index in [9.17, 15) is 23.1 Å². The SMILES string of the molecule is Cc1nn(C)cc1[C@H]1[C@H]2O[C@H](C[C@@H]2O)[C@@H]1C(=O)Nc1ccc(Cl)c(C(F)(F)F)c1. The molecule has 156 valence electrons. The summed E-state index contributed by atoms with van der Waals surface area (Å²) < 4.78 is 46.8. The Morgan fingerprint density at radius 1 is 1.41 bits per heavy atom. The van der Waals surface area contributed by atoms with Gasteiger partial charge in [-0.2, -0.15) is 18.3 Å². The Hall–Kier alpha value is -2.10. The van der Waals surface area contributed by atoms with Gasteiger partial charge in [-0.1, -0.05) is 11.6 Å². The minimum atomic E-state index is -4.63. The molecule has 5 atom stereocenters. The van der Waals surface area contributed by atoms with Crippen LogP contribution in [0.25, 0.3) is 0 Å². The molecule has 1 amide bonds. The van der Waals surface area contributed by atoms with Gasteiger partial charge in [0.25, 0.3) is 0 Å². The number of nitrogens with one attached hydrogen (secondary N) is 1. The largest absolute Gasteiger partial charge is 0.417 e. The second-order valence-electron chi connectivity index (χ2n) is 7.52. The topological polar surface area (TPSA) is 76.4 Å². The lowest BCUT2D eigenvalue weighted by Gasteiger charge is -2.29. The number of aromatic nitrogens is 2. The Morgan fingerprint density at radius 2 is 2.14 bits per heavy atom. The molecule has 6 nitrogen and oxygen atoms in total. The highest BCUT2D eigenvalue weighted by Crippen LogP contribution is 2.50. The average Bonchev–Trinajstić information content (AvgIpc) is 3.26. The van der Waals surface area contributed by atoms with Crippen LogP contribution in [-0.4, -0.2) is 39.1 Å². The number of aliphatic hydroxyl groups excluding tert-OH is 1.